The first-order chi connectivity index (χ1) is 10.3. The molecule has 0 aliphatic carbocycles. The molecule has 1 aromatic heterocycles. The number of aromatic nitrogens is 1. The van der Waals surface area contributed by atoms with Gasteiger partial charge in [-0.25, -0.2) is 4.98 Å². The largest absolute Gasteiger partial charge is 0.321 e. The summed E-state index contributed by atoms with van der Waals surface area (Å²) in [5.74, 6) is 0.705. The molecule has 2 atom stereocenters. The maximum Gasteiger partial charge on any atom is 0.129 e. The summed E-state index contributed by atoms with van der Waals surface area (Å²) in [6.07, 6.45) is 2.75. The molecule has 0 spiro atoms. The van der Waals surface area contributed by atoms with E-state index in [1.165, 1.54) is 5.56 Å². The number of rotatable bonds is 5. The second-order valence-electron chi connectivity index (χ2n) is 6.39. The third-order valence-corrected chi connectivity index (χ3v) is 4.53. The van der Waals surface area contributed by atoms with Gasteiger partial charge in [0.2, 0.25) is 0 Å². The predicted molar refractivity (Wildman–Crippen MR) is 94.4 cm³/mol. The lowest BCUT2D eigenvalue weighted by Gasteiger charge is -2.36. The minimum Gasteiger partial charge on any atom is -0.321 e. The van der Waals surface area contributed by atoms with Crippen molar-refractivity contribution in [2.75, 3.05) is 0 Å². The summed E-state index contributed by atoms with van der Waals surface area (Å²) >= 11 is 11.9. The van der Waals surface area contributed by atoms with Gasteiger partial charge in [-0.1, -0.05) is 55.2 Å². The maximum atomic E-state index is 6.73. The minimum absolute atomic E-state index is 0.174. The lowest BCUT2D eigenvalue weighted by molar-refractivity contribution is 0.334. The van der Waals surface area contributed by atoms with Crippen LogP contribution in [0.5, 0.6) is 0 Å². The Bertz CT molecular complexity index is 604. The molecule has 4 heteroatoms. The number of hydrogen-bond acceptors (Lipinski definition) is 2. The van der Waals surface area contributed by atoms with Crippen LogP contribution >= 0.6 is 23.2 Å². The van der Waals surface area contributed by atoms with Gasteiger partial charge in [0.15, 0.2) is 0 Å². The van der Waals surface area contributed by atoms with Gasteiger partial charge >= 0.3 is 0 Å². The highest BCUT2D eigenvalue weighted by molar-refractivity contribution is 6.30. The van der Waals surface area contributed by atoms with Crippen LogP contribution in [0.3, 0.4) is 0 Å². The number of benzene rings is 1. The molecule has 0 aliphatic rings. The van der Waals surface area contributed by atoms with Crippen molar-refractivity contribution in [3.05, 3.63) is 63.9 Å². The zero-order chi connectivity index (χ0) is 16.3. The molecule has 1 aromatic carbocycles. The van der Waals surface area contributed by atoms with Crippen molar-refractivity contribution >= 4 is 23.2 Å². The molecule has 2 nitrogen and oxygen atoms in total. The Morgan fingerprint density at radius 2 is 1.73 bits per heavy atom. The lowest BCUT2D eigenvalue weighted by Crippen LogP contribution is -2.40. The van der Waals surface area contributed by atoms with Gasteiger partial charge in [-0.15, -0.1) is 0 Å². The topological polar surface area (TPSA) is 38.9 Å². The monoisotopic (exact) mass is 336 g/mol. The molecule has 2 rings (SSSR count). The fourth-order valence-corrected chi connectivity index (χ4v) is 3.03. The minimum atomic E-state index is -0.532. The molecular formula is C18H22Cl2N2. The van der Waals surface area contributed by atoms with E-state index < -0.39 is 5.54 Å². The van der Waals surface area contributed by atoms with Crippen molar-refractivity contribution in [2.24, 2.45) is 11.7 Å². The van der Waals surface area contributed by atoms with E-state index in [0.717, 1.165) is 17.0 Å². The summed E-state index contributed by atoms with van der Waals surface area (Å²) in [6.45, 7) is 6.47. The van der Waals surface area contributed by atoms with Crippen molar-refractivity contribution in [3.8, 4) is 0 Å². The molecule has 0 radical (unpaired) electrons. The highest BCUT2D eigenvalue weighted by atomic mass is 35.5. The molecule has 2 N–H and O–H groups in total. The van der Waals surface area contributed by atoms with E-state index in [2.05, 4.69) is 37.9 Å². The van der Waals surface area contributed by atoms with E-state index in [4.69, 9.17) is 28.9 Å². The SMILES string of the molecule is CC(C)CC(c1ccc(Cl)cc1)C(C)(N)c1ccc(Cl)nc1. The normalized spacial score (nSPS) is 15.6. The number of halogens is 2. The summed E-state index contributed by atoms with van der Waals surface area (Å²) in [6, 6.07) is 11.7. The van der Waals surface area contributed by atoms with Crippen LogP contribution in [-0.4, -0.2) is 4.98 Å². The van der Waals surface area contributed by atoms with Crippen LogP contribution in [0.2, 0.25) is 10.2 Å². The molecular weight excluding hydrogens is 315 g/mol. The van der Waals surface area contributed by atoms with Crippen molar-refractivity contribution in [2.45, 2.75) is 38.6 Å². The van der Waals surface area contributed by atoms with E-state index in [1.54, 1.807) is 12.3 Å². The second kappa shape index (κ2) is 6.99. The van der Waals surface area contributed by atoms with Crippen LogP contribution in [0, 0.1) is 5.92 Å². The quantitative estimate of drug-likeness (QED) is 0.743. The molecule has 0 bridgehead atoms. The molecule has 118 valence electrons. The Balaban J connectivity index is 2.42. The average Bonchev–Trinajstić information content (AvgIpc) is 2.46. The fourth-order valence-electron chi connectivity index (χ4n) is 2.79. The van der Waals surface area contributed by atoms with Gasteiger partial charge in [0.05, 0.1) is 0 Å². The number of hydrogen-bond donors (Lipinski definition) is 1. The van der Waals surface area contributed by atoms with Crippen LogP contribution in [0.1, 0.15) is 44.2 Å². The Morgan fingerprint density at radius 3 is 2.23 bits per heavy atom. The van der Waals surface area contributed by atoms with E-state index >= 15 is 0 Å². The Kier molecular flexibility index (Phi) is 5.49. The highest BCUT2D eigenvalue weighted by Gasteiger charge is 2.33. The molecule has 0 aliphatic heterocycles. The molecule has 0 saturated carbocycles. The summed E-state index contributed by atoms with van der Waals surface area (Å²) in [5, 5.41) is 1.21. The molecule has 2 aromatic rings. The first kappa shape index (κ1) is 17.3. The van der Waals surface area contributed by atoms with Gasteiger partial charge in [-0.3, -0.25) is 0 Å². The molecule has 0 amide bonds. The highest BCUT2D eigenvalue weighted by Crippen LogP contribution is 2.39. The summed E-state index contributed by atoms with van der Waals surface area (Å²) in [7, 11) is 0. The number of pyridine rings is 1. The van der Waals surface area contributed by atoms with E-state index in [0.29, 0.717) is 11.1 Å². The standard InChI is InChI=1S/C18H22Cl2N2/c1-12(2)10-16(13-4-7-15(19)8-5-13)18(3,21)14-6-9-17(20)22-11-14/h4-9,11-12,16H,10,21H2,1-3H3. The Labute approximate surface area is 142 Å². The smallest absolute Gasteiger partial charge is 0.129 e. The average molecular weight is 337 g/mol. The Hall–Kier alpha value is -1.09. The fraction of sp³-hybridized carbons (Fsp3) is 0.389. The van der Waals surface area contributed by atoms with E-state index in [9.17, 15) is 0 Å². The third kappa shape index (κ3) is 4.01. The van der Waals surface area contributed by atoms with Gasteiger partial charge in [0, 0.05) is 22.7 Å². The van der Waals surface area contributed by atoms with Crippen molar-refractivity contribution in [1.29, 1.82) is 0 Å². The molecule has 0 saturated heterocycles. The van der Waals surface area contributed by atoms with Gasteiger partial charge < -0.3 is 5.73 Å². The third-order valence-electron chi connectivity index (χ3n) is 4.05. The summed E-state index contributed by atoms with van der Waals surface area (Å²) in [4.78, 5) is 4.18. The van der Waals surface area contributed by atoms with Crippen LogP contribution in [-0.2, 0) is 5.54 Å². The van der Waals surface area contributed by atoms with Gasteiger partial charge in [-0.05, 0) is 48.6 Å². The zero-order valence-electron chi connectivity index (χ0n) is 13.2. The molecule has 0 fully saturated rings. The van der Waals surface area contributed by atoms with Crippen molar-refractivity contribution in [3.63, 3.8) is 0 Å². The summed E-state index contributed by atoms with van der Waals surface area (Å²) < 4.78 is 0. The second-order valence-corrected chi connectivity index (χ2v) is 7.21. The van der Waals surface area contributed by atoms with Gasteiger partial charge in [0.1, 0.15) is 5.15 Å². The van der Waals surface area contributed by atoms with Gasteiger partial charge in [-0.2, -0.15) is 0 Å². The molecule has 22 heavy (non-hydrogen) atoms. The van der Waals surface area contributed by atoms with Crippen molar-refractivity contribution in [1.82, 2.24) is 4.98 Å². The van der Waals surface area contributed by atoms with Crippen molar-refractivity contribution < 1.29 is 0 Å². The first-order valence-electron chi connectivity index (χ1n) is 7.47. The number of nitrogens with zero attached hydrogens (tertiary/aromatic N) is 1. The first-order valence-corrected chi connectivity index (χ1v) is 8.22. The number of nitrogens with two attached hydrogens (primary N) is 1. The summed E-state index contributed by atoms with van der Waals surface area (Å²) in [5.41, 5.74) is 8.38. The van der Waals surface area contributed by atoms with Gasteiger partial charge in [0.25, 0.3) is 0 Å². The lowest BCUT2D eigenvalue weighted by atomic mass is 9.73. The van der Waals surface area contributed by atoms with E-state index in [-0.39, 0.29) is 5.92 Å². The van der Waals surface area contributed by atoms with Crippen LogP contribution < -0.4 is 5.73 Å². The van der Waals surface area contributed by atoms with E-state index in [1.807, 2.05) is 18.2 Å². The maximum absolute atomic E-state index is 6.73. The van der Waals surface area contributed by atoms with Crippen LogP contribution in [0.25, 0.3) is 0 Å². The van der Waals surface area contributed by atoms with Crippen LogP contribution in [0.15, 0.2) is 42.6 Å². The zero-order valence-corrected chi connectivity index (χ0v) is 14.7. The Morgan fingerprint density at radius 1 is 1.09 bits per heavy atom. The molecule has 2 unspecified atom stereocenters. The molecule has 1 heterocycles. The van der Waals surface area contributed by atoms with Crippen LogP contribution in [0.4, 0.5) is 0 Å². The predicted octanol–water partition coefficient (Wildman–Crippen LogP) is 5.39.